The van der Waals surface area contributed by atoms with Gasteiger partial charge in [-0.05, 0) is 42.7 Å². The first kappa shape index (κ1) is 17.4. The van der Waals surface area contributed by atoms with E-state index in [0.717, 1.165) is 34.6 Å². The van der Waals surface area contributed by atoms with Gasteiger partial charge in [0.15, 0.2) is 0 Å². The second-order valence-electron chi connectivity index (χ2n) is 5.94. The molecule has 4 rings (SSSR count). The van der Waals surface area contributed by atoms with E-state index in [-0.39, 0.29) is 11.9 Å². The van der Waals surface area contributed by atoms with E-state index in [9.17, 15) is 9.18 Å². The highest BCUT2D eigenvalue weighted by Gasteiger charge is 2.23. The number of hydrogen-bond donors (Lipinski definition) is 0. The van der Waals surface area contributed by atoms with Gasteiger partial charge in [-0.15, -0.1) is 0 Å². The maximum atomic E-state index is 13.4. The SMILES string of the molecule is COC(=O)c1cnc(Oc2ccc3c(c2)CCC(c2cncc(F)c2)O3)s1. The van der Waals surface area contributed by atoms with Gasteiger partial charge in [0, 0.05) is 11.8 Å². The minimum Gasteiger partial charge on any atom is -0.485 e. The van der Waals surface area contributed by atoms with Gasteiger partial charge < -0.3 is 14.2 Å². The van der Waals surface area contributed by atoms with Gasteiger partial charge in [-0.25, -0.2) is 14.2 Å². The van der Waals surface area contributed by atoms with Crippen molar-refractivity contribution in [1.29, 1.82) is 0 Å². The first-order valence-corrected chi connectivity index (χ1v) is 9.06. The van der Waals surface area contributed by atoms with E-state index in [1.807, 2.05) is 12.1 Å². The lowest BCUT2D eigenvalue weighted by molar-refractivity contribution is 0.0606. The van der Waals surface area contributed by atoms with Crippen LogP contribution in [0.2, 0.25) is 0 Å². The van der Waals surface area contributed by atoms with Crippen LogP contribution in [0.15, 0.2) is 42.9 Å². The Hall–Kier alpha value is -3.00. The predicted molar refractivity (Wildman–Crippen MR) is 95.9 cm³/mol. The van der Waals surface area contributed by atoms with Gasteiger partial charge in [0.05, 0.1) is 19.5 Å². The summed E-state index contributed by atoms with van der Waals surface area (Å²) in [6.45, 7) is 0. The summed E-state index contributed by atoms with van der Waals surface area (Å²) in [5.41, 5.74) is 1.72. The van der Waals surface area contributed by atoms with E-state index in [0.29, 0.717) is 22.2 Å². The standard InChI is InChI=1S/C19H15FN2O4S/c1-24-18(23)17-10-22-19(27-17)25-14-3-5-15-11(7-14)2-4-16(26-15)12-6-13(20)9-21-8-12/h3,5-10,16H,2,4H2,1H3. The van der Waals surface area contributed by atoms with Crippen molar-refractivity contribution in [3.05, 3.63) is 64.7 Å². The van der Waals surface area contributed by atoms with Crippen molar-refractivity contribution >= 4 is 17.3 Å². The molecule has 0 spiro atoms. The number of carbonyl (C=O) groups is 1. The van der Waals surface area contributed by atoms with Crippen LogP contribution in [-0.4, -0.2) is 23.0 Å². The number of carbonyl (C=O) groups excluding carboxylic acids is 1. The third-order valence-corrected chi connectivity index (χ3v) is 5.01. The van der Waals surface area contributed by atoms with Crippen molar-refractivity contribution in [3.63, 3.8) is 0 Å². The molecule has 1 aromatic carbocycles. The number of nitrogens with zero attached hydrogens (tertiary/aromatic N) is 2. The highest BCUT2D eigenvalue weighted by atomic mass is 32.1. The molecule has 0 bridgehead atoms. The maximum absolute atomic E-state index is 13.4. The Morgan fingerprint density at radius 2 is 2.19 bits per heavy atom. The lowest BCUT2D eigenvalue weighted by atomic mass is 9.98. The monoisotopic (exact) mass is 386 g/mol. The lowest BCUT2D eigenvalue weighted by Gasteiger charge is -2.26. The fourth-order valence-corrected chi connectivity index (χ4v) is 3.57. The fraction of sp³-hybridized carbons (Fsp3) is 0.211. The van der Waals surface area contributed by atoms with Gasteiger partial charge in [0.1, 0.15) is 28.3 Å². The Morgan fingerprint density at radius 1 is 1.30 bits per heavy atom. The molecule has 2 aromatic heterocycles. The molecule has 0 N–H and O–H groups in total. The summed E-state index contributed by atoms with van der Waals surface area (Å²) in [7, 11) is 1.32. The summed E-state index contributed by atoms with van der Waals surface area (Å²) < 4.78 is 29.8. The highest BCUT2D eigenvalue weighted by molar-refractivity contribution is 7.15. The quantitative estimate of drug-likeness (QED) is 0.622. The smallest absolute Gasteiger partial charge is 0.349 e. The Balaban J connectivity index is 1.48. The molecule has 0 saturated carbocycles. The zero-order valence-electron chi connectivity index (χ0n) is 14.3. The molecule has 138 valence electrons. The van der Waals surface area contributed by atoms with Gasteiger partial charge in [-0.2, -0.15) is 0 Å². The third kappa shape index (κ3) is 3.75. The van der Waals surface area contributed by atoms with Crippen LogP contribution in [0.5, 0.6) is 16.7 Å². The van der Waals surface area contributed by atoms with Gasteiger partial charge in [0.2, 0.25) is 0 Å². The summed E-state index contributed by atoms with van der Waals surface area (Å²) >= 11 is 1.12. The molecule has 0 fully saturated rings. The maximum Gasteiger partial charge on any atom is 0.349 e. The van der Waals surface area contributed by atoms with Gasteiger partial charge in [-0.1, -0.05) is 11.3 Å². The summed E-state index contributed by atoms with van der Waals surface area (Å²) in [6, 6.07) is 6.92. The van der Waals surface area contributed by atoms with Crippen LogP contribution >= 0.6 is 11.3 Å². The lowest BCUT2D eigenvalue weighted by Crippen LogP contribution is -2.15. The largest absolute Gasteiger partial charge is 0.485 e. The first-order valence-electron chi connectivity index (χ1n) is 8.24. The molecule has 3 heterocycles. The third-order valence-electron chi connectivity index (χ3n) is 4.15. The molecule has 3 aromatic rings. The molecule has 0 aliphatic carbocycles. The second kappa shape index (κ2) is 7.32. The first-order chi connectivity index (χ1) is 13.1. The summed E-state index contributed by atoms with van der Waals surface area (Å²) in [4.78, 5) is 19.8. The Kier molecular flexibility index (Phi) is 4.72. The molecule has 6 nitrogen and oxygen atoms in total. The van der Waals surface area contributed by atoms with Crippen molar-refractivity contribution in [2.75, 3.05) is 7.11 Å². The number of pyridine rings is 1. The normalized spacial score (nSPS) is 15.6. The van der Waals surface area contributed by atoms with Crippen molar-refractivity contribution in [2.45, 2.75) is 18.9 Å². The van der Waals surface area contributed by atoms with E-state index in [2.05, 4.69) is 14.7 Å². The number of benzene rings is 1. The molecular weight excluding hydrogens is 371 g/mol. The summed E-state index contributed by atoms with van der Waals surface area (Å²) in [6.07, 6.45) is 5.47. The molecule has 27 heavy (non-hydrogen) atoms. The summed E-state index contributed by atoms with van der Waals surface area (Å²) in [5.74, 6) is 0.519. The number of hydrogen-bond acceptors (Lipinski definition) is 7. The highest BCUT2D eigenvalue weighted by Crippen LogP contribution is 2.38. The van der Waals surface area contributed by atoms with E-state index in [1.165, 1.54) is 25.6 Å². The van der Waals surface area contributed by atoms with E-state index >= 15 is 0 Å². The van der Waals surface area contributed by atoms with E-state index in [4.69, 9.17) is 9.47 Å². The Morgan fingerprint density at radius 3 is 3.00 bits per heavy atom. The Labute approximate surface area is 158 Å². The molecule has 0 radical (unpaired) electrons. The molecule has 1 aliphatic rings. The van der Waals surface area contributed by atoms with Crippen LogP contribution in [0.25, 0.3) is 0 Å². The molecule has 8 heteroatoms. The Bertz CT molecular complexity index is 991. The number of ether oxygens (including phenoxy) is 3. The van der Waals surface area contributed by atoms with Gasteiger partial charge >= 0.3 is 5.97 Å². The van der Waals surface area contributed by atoms with Crippen LogP contribution in [0, 0.1) is 5.82 Å². The van der Waals surface area contributed by atoms with Crippen LogP contribution < -0.4 is 9.47 Å². The molecule has 0 saturated heterocycles. The van der Waals surface area contributed by atoms with Crippen molar-refractivity contribution in [1.82, 2.24) is 9.97 Å². The number of esters is 1. The van der Waals surface area contributed by atoms with Crippen LogP contribution in [0.4, 0.5) is 4.39 Å². The number of rotatable bonds is 4. The minimum absolute atomic E-state index is 0.228. The van der Waals surface area contributed by atoms with Crippen LogP contribution in [0.3, 0.4) is 0 Å². The van der Waals surface area contributed by atoms with Crippen molar-refractivity contribution in [2.24, 2.45) is 0 Å². The predicted octanol–water partition coefficient (Wildman–Crippen LogP) is 4.32. The molecule has 0 amide bonds. The average Bonchev–Trinajstić information content (AvgIpc) is 3.15. The van der Waals surface area contributed by atoms with Gasteiger partial charge in [-0.3, -0.25) is 4.98 Å². The zero-order valence-corrected chi connectivity index (χ0v) is 15.2. The second-order valence-corrected chi connectivity index (χ2v) is 6.93. The zero-order chi connectivity index (χ0) is 18.8. The number of aromatic nitrogens is 2. The molecular formula is C19H15FN2O4S. The van der Waals surface area contributed by atoms with Crippen molar-refractivity contribution < 1.29 is 23.4 Å². The number of aryl methyl sites for hydroxylation is 1. The number of thiazole rings is 1. The minimum atomic E-state index is -0.445. The topological polar surface area (TPSA) is 70.5 Å². The molecule has 1 aliphatic heterocycles. The average molecular weight is 386 g/mol. The summed E-state index contributed by atoms with van der Waals surface area (Å²) in [5, 5.41) is 0.357. The van der Waals surface area contributed by atoms with Crippen molar-refractivity contribution in [3.8, 4) is 16.7 Å². The number of methoxy groups -OCH3 is 1. The number of fused-ring (bicyclic) bond motifs is 1. The number of halogens is 1. The fourth-order valence-electron chi connectivity index (χ4n) is 2.87. The van der Waals surface area contributed by atoms with Crippen LogP contribution in [0.1, 0.15) is 33.3 Å². The van der Waals surface area contributed by atoms with E-state index in [1.54, 1.807) is 12.3 Å². The van der Waals surface area contributed by atoms with Gasteiger partial charge in [0.25, 0.3) is 5.19 Å². The van der Waals surface area contributed by atoms with Crippen LogP contribution in [-0.2, 0) is 11.2 Å². The van der Waals surface area contributed by atoms with E-state index < -0.39 is 5.97 Å². The molecule has 1 unspecified atom stereocenters. The molecule has 1 atom stereocenters.